The van der Waals surface area contributed by atoms with Crippen molar-refractivity contribution in [2.24, 2.45) is 5.92 Å². The molecule has 0 aromatic carbocycles. The van der Waals surface area contributed by atoms with Crippen LogP contribution in [0.15, 0.2) is 22.3 Å². The van der Waals surface area contributed by atoms with Crippen LogP contribution >= 0.6 is 11.3 Å². The summed E-state index contributed by atoms with van der Waals surface area (Å²) in [6, 6.07) is 3.15. The second-order valence-corrected chi connectivity index (χ2v) is 10.5. The average molecular weight is 397 g/mol. The Labute approximate surface area is 157 Å². The lowest BCUT2D eigenvalue weighted by Gasteiger charge is -2.30. The topological polar surface area (TPSA) is 76.5 Å². The Morgan fingerprint density at radius 2 is 2.15 bits per heavy atom. The number of hydrogen-bond donors (Lipinski definition) is 0. The summed E-state index contributed by atoms with van der Waals surface area (Å²) in [5.41, 5.74) is 1.46. The summed E-state index contributed by atoms with van der Waals surface area (Å²) in [4.78, 5) is 26.9. The van der Waals surface area contributed by atoms with Crippen molar-refractivity contribution >= 4 is 37.3 Å². The predicted octanol–water partition coefficient (Wildman–Crippen LogP) is 2.04. The molecular formula is C18H24N2O4S2. The second kappa shape index (κ2) is 7.15. The molecule has 3 rings (SSSR count). The Balaban J connectivity index is 1.91. The lowest BCUT2D eigenvalue weighted by atomic mass is 10.1. The van der Waals surface area contributed by atoms with Gasteiger partial charge in [-0.15, -0.1) is 11.3 Å². The Morgan fingerprint density at radius 1 is 1.42 bits per heavy atom. The minimum atomic E-state index is -3.06. The molecule has 1 atom stereocenters. The zero-order valence-corrected chi connectivity index (χ0v) is 16.9. The summed E-state index contributed by atoms with van der Waals surface area (Å²) in [5.74, 6) is 0.340. The van der Waals surface area contributed by atoms with E-state index in [1.165, 1.54) is 11.3 Å². The molecule has 0 saturated carbocycles. The van der Waals surface area contributed by atoms with E-state index in [1.807, 2.05) is 36.8 Å². The third kappa shape index (κ3) is 3.86. The number of amides is 1. The molecule has 8 heteroatoms. The van der Waals surface area contributed by atoms with Gasteiger partial charge in [0.15, 0.2) is 15.3 Å². The highest BCUT2D eigenvalue weighted by Gasteiger charge is 2.35. The Morgan fingerprint density at radius 3 is 2.77 bits per heavy atom. The molecule has 1 aliphatic heterocycles. The van der Waals surface area contributed by atoms with Gasteiger partial charge < -0.3 is 9.47 Å². The monoisotopic (exact) mass is 396 g/mol. The van der Waals surface area contributed by atoms with E-state index in [9.17, 15) is 18.0 Å². The largest absolute Gasteiger partial charge is 0.337 e. The van der Waals surface area contributed by atoms with Gasteiger partial charge in [-0.1, -0.05) is 13.8 Å². The number of thiophene rings is 1. The van der Waals surface area contributed by atoms with Crippen LogP contribution in [0.4, 0.5) is 0 Å². The third-order valence-corrected chi connectivity index (χ3v) is 7.42. The molecule has 6 nitrogen and oxygen atoms in total. The fraction of sp³-hybridized carbons (Fsp3) is 0.556. The van der Waals surface area contributed by atoms with Gasteiger partial charge in [0.2, 0.25) is 5.91 Å². The third-order valence-electron chi connectivity index (χ3n) is 4.75. The average Bonchev–Trinajstić information content (AvgIpc) is 3.15. The summed E-state index contributed by atoms with van der Waals surface area (Å²) in [5, 5.41) is 1.85. The van der Waals surface area contributed by atoms with Crippen molar-refractivity contribution in [1.29, 1.82) is 0 Å². The van der Waals surface area contributed by atoms with Crippen molar-refractivity contribution in [2.45, 2.75) is 39.8 Å². The van der Waals surface area contributed by atoms with Crippen LogP contribution in [0.2, 0.25) is 0 Å². The molecule has 0 aliphatic carbocycles. The smallest absolute Gasteiger partial charge is 0.242 e. The van der Waals surface area contributed by atoms with Crippen molar-refractivity contribution in [2.75, 3.05) is 18.1 Å². The van der Waals surface area contributed by atoms with Crippen molar-refractivity contribution in [3.63, 3.8) is 0 Å². The number of aromatic nitrogens is 1. The Hall–Kier alpha value is -1.67. The van der Waals surface area contributed by atoms with E-state index < -0.39 is 9.84 Å². The van der Waals surface area contributed by atoms with Crippen LogP contribution in [-0.2, 0) is 21.2 Å². The predicted molar refractivity (Wildman–Crippen MR) is 104 cm³/mol. The number of sulfone groups is 1. The van der Waals surface area contributed by atoms with E-state index in [4.69, 9.17) is 0 Å². The number of pyridine rings is 1. The maximum atomic E-state index is 13.1. The molecule has 0 N–H and O–H groups in total. The Bertz CT molecular complexity index is 988. The van der Waals surface area contributed by atoms with Crippen molar-refractivity contribution in [1.82, 2.24) is 9.47 Å². The summed E-state index contributed by atoms with van der Waals surface area (Å²) >= 11 is 1.37. The molecule has 2 aromatic rings. The van der Waals surface area contributed by atoms with Gasteiger partial charge in [0.25, 0.3) is 0 Å². The van der Waals surface area contributed by atoms with Gasteiger partial charge >= 0.3 is 0 Å². The first-order valence-corrected chi connectivity index (χ1v) is 11.5. The molecule has 1 aliphatic rings. The zero-order valence-electron chi connectivity index (χ0n) is 15.3. The molecule has 0 bridgehead atoms. The van der Waals surface area contributed by atoms with E-state index in [1.54, 1.807) is 11.0 Å². The van der Waals surface area contributed by atoms with Crippen molar-refractivity contribution in [3.8, 4) is 0 Å². The molecule has 3 heterocycles. The lowest BCUT2D eigenvalue weighted by Crippen LogP contribution is -2.45. The first kappa shape index (κ1) is 19.1. The van der Waals surface area contributed by atoms with Gasteiger partial charge in [0.05, 0.1) is 21.7 Å². The highest BCUT2D eigenvalue weighted by molar-refractivity contribution is 7.91. The zero-order chi connectivity index (χ0) is 19.1. The van der Waals surface area contributed by atoms with E-state index in [2.05, 4.69) is 0 Å². The molecular weight excluding hydrogens is 372 g/mol. The lowest BCUT2D eigenvalue weighted by molar-refractivity contribution is -0.134. The van der Waals surface area contributed by atoms with Crippen molar-refractivity contribution in [3.05, 3.63) is 33.4 Å². The van der Waals surface area contributed by atoms with Crippen LogP contribution in [0.25, 0.3) is 10.2 Å². The van der Waals surface area contributed by atoms with Crippen LogP contribution in [0, 0.1) is 12.8 Å². The minimum Gasteiger partial charge on any atom is -0.337 e. The number of nitrogens with zero attached hydrogens (tertiary/aromatic N) is 2. The Kier molecular flexibility index (Phi) is 5.25. The minimum absolute atomic E-state index is 0.0304. The number of rotatable bonds is 5. The van der Waals surface area contributed by atoms with E-state index in [-0.39, 0.29) is 41.3 Å². The number of carbonyl (C=O) groups is 1. The van der Waals surface area contributed by atoms with E-state index >= 15 is 0 Å². The molecule has 2 aromatic heterocycles. The van der Waals surface area contributed by atoms with Gasteiger partial charge in [-0.05, 0) is 30.7 Å². The number of fused-ring (bicyclic) bond motifs is 1. The van der Waals surface area contributed by atoms with Crippen LogP contribution in [0.1, 0.15) is 26.0 Å². The summed E-state index contributed by atoms with van der Waals surface area (Å²) < 4.78 is 26.2. The first-order chi connectivity index (χ1) is 12.2. The van der Waals surface area contributed by atoms with Crippen LogP contribution in [0.3, 0.4) is 0 Å². The molecule has 0 spiro atoms. The summed E-state index contributed by atoms with van der Waals surface area (Å²) in [6.07, 6.45) is 0.498. The van der Waals surface area contributed by atoms with E-state index in [0.29, 0.717) is 17.7 Å². The highest BCUT2D eigenvalue weighted by atomic mass is 32.2. The van der Waals surface area contributed by atoms with Crippen molar-refractivity contribution < 1.29 is 13.2 Å². The fourth-order valence-corrected chi connectivity index (χ4v) is 6.07. The fourth-order valence-electron chi connectivity index (χ4n) is 3.53. The molecule has 1 fully saturated rings. The van der Waals surface area contributed by atoms with Gasteiger partial charge in [0.1, 0.15) is 6.54 Å². The first-order valence-electron chi connectivity index (χ1n) is 8.75. The number of aryl methyl sites for hydroxylation is 1. The normalized spacial score (nSPS) is 19.3. The second-order valence-electron chi connectivity index (χ2n) is 7.37. The number of carbonyl (C=O) groups excluding carboxylic acids is 1. The van der Waals surface area contributed by atoms with Gasteiger partial charge in [-0.25, -0.2) is 8.42 Å². The molecule has 26 heavy (non-hydrogen) atoms. The standard InChI is InChI=1S/C18H24N2O4S2/c1-12(2)9-20(14-5-7-26(23,24)11-14)17(22)10-19-13(3)8-16(21)18-15(19)4-6-25-18/h4,6,8,12,14H,5,7,9-11H2,1-3H3. The quantitative estimate of drug-likeness (QED) is 0.775. The summed E-state index contributed by atoms with van der Waals surface area (Å²) in [7, 11) is -3.06. The molecule has 1 amide bonds. The van der Waals surface area contributed by atoms with Crippen LogP contribution in [0.5, 0.6) is 0 Å². The molecule has 1 unspecified atom stereocenters. The van der Waals surface area contributed by atoms with Crippen LogP contribution < -0.4 is 5.43 Å². The summed E-state index contributed by atoms with van der Waals surface area (Å²) in [6.45, 7) is 6.50. The maximum absolute atomic E-state index is 13.1. The SMILES string of the molecule is Cc1cc(=O)c2sccc2n1CC(=O)N(CC(C)C)C1CCS(=O)(=O)C1. The highest BCUT2D eigenvalue weighted by Crippen LogP contribution is 2.22. The van der Waals surface area contributed by atoms with Gasteiger partial charge in [-0.3, -0.25) is 9.59 Å². The molecule has 142 valence electrons. The molecule has 0 radical (unpaired) electrons. The molecule has 1 saturated heterocycles. The maximum Gasteiger partial charge on any atom is 0.242 e. The van der Waals surface area contributed by atoms with Gasteiger partial charge in [0, 0.05) is 24.3 Å². The van der Waals surface area contributed by atoms with Gasteiger partial charge in [-0.2, -0.15) is 0 Å². The van der Waals surface area contributed by atoms with E-state index in [0.717, 1.165) is 11.2 Å². The van der Waals surface area contributed by atoms with Crippen LogP contribution in [-0.4, -0.2) is 47.9 Å². The number of hydrogen-bond acceptors (Lipinski definition) is 5.